The first-order valence-electron chi connectivity index (χ1n) is 10.0. The van der Waals surface area contributed by atoms with Crippen molar-refractivity contribution in [2.75, 3.05) is 23.8 Å². The van der Waals surface area contributed by atoms with Crippen molar-refractivity contribution >= 4 is 17.4 Å². The molecule has 0 bridgehead atoms. The van der Waals surface area contributed by atoms with Gasteiger partial charge in [0.1, 0.15) is 5.82 Å². The van der Waals surface area contributed by atoms with Gasteiger partial charge in [0.15, 0.2) is 0 Å². The molecule has 148 valence electrons. The van der Waals surface area contributed by atoms with Gasteiger partial charge in [-0.15, -0.1) is 0 Å². The molecular formula is C24H25N3O2. The molecule has 5 heteroatoms. The molecule has 0 saturated carbocycles. The van der Waals surface area contributed by atoms with E-state index in [9.17, 15) is 4.79 Å². The van der Waals surface area contributed by atoms with Crippen molar-refractivity contribution in [1.29, 1.82) is 0 Å². The van der Waals surface area contributed by atoms with Crippen LogP contribution in [0.25, 0.3) is 0 Å². The molecule has 1 atom stereocenters. The lowest BCUT2D eigenvalue weighted by atomic mass is 9.90. The monoisotopic (exact) mass is 387 g/mol. The number of carbonyl (C=O) groups excluding carboxylic acids is 1. The highest BCUT2D eigenvalue weighted by Gasteiger charge is 2.23. The third-order valence-corrected chi connectivity index (χ3v) is 5.10. The Balaban J connectivity index is 1.44. The summed E-state index contributed by atoms with van der Waals surface area (Å²) in [7, 11) is 0. The molecule has 29 heavy (non-hydrogen) atoms. The van der Waals surface area contributed by atoms with Crippen LogP contribution >= 0.6 is 0 Å². The standard InChI is InChI=1S/C24H25N3O2/c28-24(23(18-8-3-1-4-9-18)19-10-5-2-6-11-19)27-22-14-13-20(16-26-22)25-17-21-12-7-15-29-21/h1-6,8-11,13-14,16,21,23,25H,7,12,15,17H2,(H,26,27,28). The molecule has 1 unspecified atom stereocenters. The minimum atomic E-state index is -0.392. The van der Waals surface area contributed by atoms with Crippen LogP contribution in [0.2, 0.25) is 0 Å². The number of nitrogens with zero attached hydrogens (tertiary/aromatic N) is 1. The fourth-order valence-corrected chi connectivity index (χ4v) is 3.59. The van der Waals surface area contributed by atoms with E-state index in [4.69, 9.17) is 4.74 Å². The molecule has 1 amide bonds. The van der Waals surface area contributed by atoms with Crippen molar-refractivity contribution in [3.8, 4) is 0 Å². The smallest absolute Gasteiger partial charge is 0.237 e. The summed E-state index contributed by atoms with van der Waals surface area (Å²) < 4.78 is 5.62. The van der Waals surface area contributed by atoms with Crippen LogP contribution in [0.4, 0.5) is 11.5 Å². The van der Waals surface area contributed by atoms with Crippen LogP contribution in [0.1, 0.15) is 29.9 Å². The predicted molar refractivity (Wildman–Crippen MR) is 115 cm³/mol. The van der Waals surface area contributed by atoms with Gasteiger partial charge in [-0.3, -0.25) is 4.79 Å². The molecule has 2 N–H and O–H groups in total. The quantitative estimate of drug-likeness (QED) is 0.629. The Morgan fingerprint density at radius 2 is 1.69 bits per heavy atom. The van der Waals surface area contributed by atoms with E-state index < -0.39 is 5.92 Å². The lowest BCUT2D eigenvalue weighted by molar-refractivity contribution is -0.116. The van der Waals surface area contributed by atoms with E-state index >= 15 is 0 Å². The van der Waals surface area contributed by atoms with E-state index in [2.05, 4.69) is 15.6 Å². The fraction of sp³-hybridized carbons (Fsp3) is 0.250. The van der Waals surface area contributed by atoms with Gasteiger partial charge in [-0.25, -0.2) is 4.98 Å². The second kappa shape index (κ2) is 9.34. The van der Waals surface area contributed by atoms with Crippen LogP contribution in [0.5, 0.6) is 0 Å². The Kier molecular flexibility index (Phi) is 6.17. The number of hydrogen-bond acceptors (Lipinski definition) is 4. The number of ether oxygens (including phenoxy) is 1. The summed E-state index contributed by atoms with van der Waals surface area (Å²) in [4.78, 5) is 17.5. The number of anilines is 2. The normalized spacial score (nSPS) is 16.0. The fourth-order valence-electron chi connectivity index (χ4n) is 3.59. The maximum absolute atomic E-state index is 13.1. The largest absolute Gasteiger partial charge is 0.381 e. The maximum Gasteiger partial charge on any atom is 0.237 e. The van der Waals surface area contributed by atoms with Crippen molar-refractivity contribution in [2.45, 2.75) is 24.9 Å². The minimum absolute atomic E-state index is 0.102. The lowest BCUT2D eigenvalue weighted by Crippen LogP contribution is -2.23. The summed E-state index contributed by atoms with van der Waals surface area (Å²) in [5.74, 6) is 0.0426. The zero-order valence-electron chi connectivity index (χ0n) is 16.3. The number of nitrogens with one attached hydrogen (secondary N) is 2. The van der Waals surface area contributed by atoms with Gasteiger partial charge in [0.2, 0.25) is 5.91 Å². The van der Waals surface area contributed by atoms with E-state index in [0.29, 0.717) is 5.82 Å². The third kappa shape index (κ3) is 5.00. The first-order chi connectivity index (χ1) is 14.3. The molecule has 1 aliphatic heterocycles. The van der Waals surface area contributed by atoms with Gasteiger partial charge in [-0.05, 0) is 36.1 Å². The number of amides is 1. The van der Waals surface area contributed by atoms with Crippen LogP contribution in [-0.2, 0) is 9.53 Å². The first-order valence-corrected chi connectivity index (χ1v) is 10.0. The van der Waals surface area contributed by atoms with Gasteiger partial charge < -0.3 is 15.4 Å². The Morgan fingerprint density at radius 1 is 1.00 bits per heavy atom. The van der Waals surface area contributed by atoms with Gasteiger partial charge in [-0.1, -0.05) is 60.7 Å². The SMILES string of the molecule is O=C(Nc1ccc(NCC2CCCO2)cn1)C(c1ccccc1)c1ccccc1. The number of carbonyl (C=O) groups is 1. The van der Waals surface area contributed by atoms with E-state index in [1.807, 2.05) is 72.8 Å². The number of rotatable bonds is 7. The maximum atomic E-state index is 13.1. The lowest BCUT2D eigenvalue weighted by Gasteiger charge is -2.18. The minimum Gasteiger partial charge on any atom is -0.381 e. The van der Waals surface area contributed by atoms with E-state index in [-0.39, 0.29) is 12.0 Å². The van der Waals surface area contributed by atoms with Crippen LogP contribution in [0.15, 0.2) is 79.0 Å². The van der Waals surface area contributed by atoms with E-state index in [1.165, 1.54) is 0 Å². The van der Waals surface area contributed by atoms with Crippen LogP contribution < -0.4 is 10.6 Å². The molecule has 4 rings (SSSR count). The molecule has 2 heterocycles. The second-order valence-electron chi connectivity index (χ2n) is 7.19. The van der Waals surface area contributed by atoms with Crippen molar-refractivity contribution in [3.05, 3.63) is 90.1 Å². The number of pyridine rings is 1. The molecule has 0 radical (unpaired) electrons. The molecule has 1 aliphatic rings. The van der Waals surface area contributed by atoms with Crippen LogP contribution in [-0.4, -0.2) is 30.1 Å². The average Bonchev–Trinajstić information content (AvgIpc) is 3.29. The highest BCUT2D eigenvalue weighted by atomic mass is 16.5. The summed E-state index contributed by atoms with van der Waals surface area (Å²) in [6.07, 6.45) is 4.23. The molecular weight excluding hydrogens is 362 g/mol. The number of benzene rings is 2. The average molecular weight is 387 g/mol. The third-order valence-electron chi connectivity index (χ3n) is 5.10. The molecule has 1 saturated heterocycles. The highest BCUT2D eigenvalue weighted by molar-refractivity contribution is 5.97. The van der Waals surface area contributed by atoms with Crippen molar-refractivity contribution in [3.63, 3.8) is 0 Å². The summed E-state index contributed by atoms with van der Waals surface area (Å²) >= 11 is 0. The van der Waals surface area contributed by atoms with Crippen molar-refractivity contribution < 1.29 is 9.53 Å². The summed E-state index contributed by atoms with van der Waals surface area (Å²) in [6.45, 7) is 1.62. The Labute approximate surface area is 171 Å². The number of hydrogen-bond donors (Lipinski definition) is 2. The van der Waals surface area contributed by atoms with Gasteiger partial charge in [0, 0.05) is 13.2 Å². The van der Waals surface area contributed by atoms with Gasteiger partial charge in [-0.2, -0.15) is 0 Å². The molecule has 2 aromatic carbocycles. The summed E-state index contributed by atoms with van der Waals surface area (Å²) in [5.41, 5.74) is 2.82. The number of aromatic nitrogens is 1. The molecule has 1 fully saturated rings. The van der Waals surface area contributed by atoms with Gasteiger partial charge >= 0.3 is 0 Å². The highest BCUT2D eigenvalue weighted by Crippen LogP contribution is 2.26. The first kappa shape index (κ1) is 19.2. The van der Waals surface area contributed by atoms with Crippen molar-refractivity contribution in [2.24, 2.45) is 0 Å². The Hall–Kier alpha value is -3.18. The van der Waals surface area contributed by atoms with Crippen LogP contribution in [0.3, 0.4) is 0 Å². The molecule has 3 aromatic rings. The van der Waals surface area contributed by atoms with Gasteiger partial charge in [0.05, 0.1) is 23.9 Å². The zero-order valence-corrected chi connectivity index (χ0v) is 16.3. The van der Waals surface area contributed by atoms with Gasteiger partial charge in [0.25, 0.3) is 0 Å². The Morgan fingerprint density at radius 3 is 2.24 bits per heavy atom. The van der Waals surface area contributed by atoms with Crippen LogP contribution in [0, 0.1) is 0 Å². The Bertz CT molecular complexity index is 868. The predicted octanol–water partition coefficient (Wildman–Crippen LogP) is 4.44. The topological polar surface area (TPSA) is 63.2 Å². The zero-order chi connectivity index (χ0) is 19.9. The summed E-state index contributed by atoms with van der Waals surface area (Å²) in [6, 6.07) is 23.4. The summed E-state index contributed by atoms with van der Waals surface area (Å²) in [5, 5.41) is 6.30. The van der Waals surface area contributed by atoms with E-state index in [1.54, 1.807) is 6.20 Å². The molecule has 0 spiro atoms. The van der Waals surface area contributed by atoms with Crippen molar-refractivity contribution in [1.82, 2.24) is 4.98 Å². The van der Waals surface area contributed by atoms with E-state index in [0.717, 1.165) is 42.8 Å². The molecule has 1 aromatic heterocycles. The molecule has 5 nitrogen and oxygen atoms in total. The molecule has 0 aliphatic carbocycles. The second-order valence-corrected chi connectivity index (χ2v) is 7.19.